The molecule has 0 aromatic heterocycles. The van der Waals surface area contributed by atoms with Crippen molar-refractivity contribution in [1.82, 2.24) is 0 Å². The largest absolute Gasteiger partial charge is 0.478 e. The third-order valence-electron chi connectivity index (χ3n) is 2.14. The van der Waals surface area contributed by atoms with E-state index in [0.717, 1.165) is 0 Å². The van der Waals surface area contributed by atoms with Crippen LogP contribution in [0.5, 0.6) is 0 Å². The molecule has 0 aliphatic heterocycles. The fourth-order valence-electron chi connectivity index (χ4n) is 1.32. The number of alkyl halides is 3. The number of nitro groups is 1. The number of hydrogen-bond donors (Lipinski definition) is 1. The van der Waals surface area contributed by atoms with Gasteiger partial charge >= 0.3 is 12.1 Å². The quantitative estimate of drug-likeness (QED) is 0.617. The van der Waals surface area contributed by atoms with Gasteiger partial charge in [-0.15, -0.1) is 0 Å². The van der Waals surface area contributed by atoms with Crippen LogP contribution in [-0.4, -0.2) is 22.2 Å². The molecule has 0 bridgehead atoms. The van der Waals surface area contributed by atoms with Gasteiger partial charge in [0.2, 0.25) is 0 Å². The zero-order chi connectivity index (χ0) is 13.4. The van der Waals surface area contributed by atoms with Gasteiger partial charge in [0, 0.05) is 0 Å². The van der Waals surface area contributed by atoms with Crippen molar-refractivity contribution in [3.8, 4) is 0 Å². The van der Waals surface area contributed by atoms with Crippen LogP contribution in [0, 0.1) is 16.0 Å². The van der Waals surface area contributed by atoms with Gasteiger partial charge in [0.1, 0.15) is 5.03 Å². The molecule has 1 aliphatic carbocycles. The fraction of sp³-hybridized carbons (Fsp3) is 0.375. The molecule has 0 amide bonds. The van der Waals surface area contributed by atoms with Crippen molar-refractivity contribution in [1.29, 1.82) is 0 Å². The Kier molecular flexibility index (Phi) is 3.46. The maximum Gasteiger partial charge on any atom is 0.395 e. The maximum atomic E-state index is 12.4. The highest BCUT2D eigenvalue weighted by molar-refractivity contribution is 6.35. The van der Waals surface area contributed by atoms with Crippen LogP contribution in [0.3, 0.4) is 0 Å². The van der Waals surface area contributed by atoms with Crippen LogP contribution in [0.4, 0.5) is 13.2 Å². The molecule has 0 aromatic rings. The molecule has 0 radical (unpaired) electrons. The summed E-state index contributed by atoms with van der Waals surface area (Å²) in [7, 11) is 0. The predicted octanol–water partition coefficient (Wildman–Crippen LogP) is 2.31. The highest BCUT2D eigenvalue weighted by Gasteiger charge is 2.45. The number of carboxylic acid groups (broad SMARTS) is 1. The number of halogens is 4. The minimum atomic E-state index is -4.75. The topological polar surface area (TPSA) is 80.4 Å². The van der Waals surface area contributed by atoms with Crippen LogP contribution >= 0.6 is 11.6 Å². The summed E-state index contributed by atoms with van der Waals surface area (Å²) in [4.78, 5) is 20.0. The third-order valence-corrected chi connectivity index (χ3v) is 2.56. The molecule has 0 saturated carbocycles. The van der Waals surface area contributed by atoms with Crippen molar-refractivity contribution in [3.63, 3.8) is 0 Å². The lowest BCUT2D eigenvalue weighted by Crippen LogP contribution is -2.27. The van der Waals surface area contributed by atoms with Crippen LogP contribution in [-0.2, 0) is 4.79 Å². The van der Waals surface area contributed by atoms with Gasteiger partial charge in [-0.05, 0) is 0 Å². The van der Waals surface area contributed by atoms with Crippen molar-refractivity contribution in [2.45, 2.75) is 12.6 Å². The number of allylic oxidation sites excluding steroid dienone is 2. The van der Waals surface area contributed by atoms with Crippen molar-refractivity contribution in [2.75, 3.05) is 0 Å². The van der Waals surface area contributed by atoms with Crippen molar-refractivity contribution in [3.05, 3.63) is 32.5 Å². The van der Waals surface area contributed by atoms with Crippen molar-refractivity contribution in [2.24, 2.45) is 5.92 Å². The molecule has 94 valence electrons. The Bertz CT molecular complexity index is 441. The lowest BCUT2D eigenvalue weighted by molar-refractivity contribution is -0.430. The number of aliphatic carboxylic acids is 1. The number of nitrogens with zero attached hydrogens (tertiary/aromatic N) is 1. The first-order valence-corrected chi connectivity index (χ1v) is 4.57. The zero-order valence-electron chi connectivity index (χ0n) is 7.99. The molecule has 1 atom stereocenters. The lowest BCUT2D eigenvalue weighted by Gasteiger charge is -2.20. The molecule has 0 saturated heterocycles. The molecule has 0 fully saturated rings. The number of carboxylic acids is 1. The zero-order valence-corrected chi connectivity index (χ0v) is 8.75. The van der Waals surface area contributed by atoms with Gasteiger partial charge in [-0.1, -0.05) is 17.7 Å². The predicted molar refractivity (Wildman–Crippen MR) is 49.8 cm³/mol. The second-order valence-corrected chi connectivity index (χ2v) is 3.63. The second kappa shape index (κ2) is 4.36. The molecular formula is C8H5ClF3NO4. The average Bonchev–Trinajstić information content (AvgIpc) is 2.14. The van der Waals surface area contributed by atoms with E-state index in [1.54, 1.807) is 0 Å². The number of hydrogen-bond acceptors (Lipinski definition) is 3. The first-order chi connectivity index (χ1) is 7.64. The van der Waals surface area contributed by atoms with Crippen LogP contribution in [0.25, 0.3) is 0 Å². The van der Waals surface area contributed by atoms with E-state index in [4.69, 9.17) is 16.7 Å². The van der Waals surface area contributed by atoms with Crippen LogP contribution in [0.1, 0.15) is 6.42 Å². The van der Waals surface area contributed by atoms with E-state index in [2.05, 4.69) is 0 Å². The Labute approximate surface area is 97.3 Å². The highest BCUT2D eigenvalue weighted by atomic mass is 35.5. The molecule has 17 heavy (non-hydrogen) atoms. The maximum absolute atomic E-state index is 12.4. The van der Waals surface area contributed by atoms with Crippen LogP contribution in [0.2, 0.25) is 0 Å². The SMILES string of the molecule is O=C(O)C1=CC(C(F)(F)F)CC([N+](=O)[O-])=C1Cl. The standard InChI is InChI=1S/C8H5ClF3NO4/c9-6-4(7(14)15)1-3(8(10,11)12)2-5(6)13(16)17/h1,3H,2H2,(H,14,15). The van der Waals surface area contributed by atoms with Crippen LogP contribution < -0.4 is 0 Å². The molecule has 0 heterocycles. The molecule has 0 aromatic carbocycles. The summed E-state index contributed by atoms with van der Waals surface area (Å²) in [5.74, 6) is -3.94. The summed E-state index contributed by atoms with van der Waals surface area (Å²) in [6.45, 7) is 0. The summed E-state index contributed by atoms with van der Waals surface area (Å²) in [6.07, 6.45) is -5.33. The van der Waals surface area contributed by atoms with Gasteiger partial charge in [-0.2, -0.15) is 13.2 Å². The molecule has 0 spiro atoms. The third kappa shape index (κ3) is 2.76. The molecule has 1 unspecified atom stereocenters. The summed E-state index contributed by atoms with van der Waals surface area (Å²) >= 11 is 5.38. The van der Waals surface area contributed by atoms with E-state index >= 15 is 0 Å². The Balaban J connectivity index is 3.27. The Hall–Kier alpha value is -1.57. The Morgan fingerprint density at radius 2 is 2.12 bits per heavy atom. The van der Waals surface area contributed by atoms with Crippen molar-refractivity contribution >= 4 is 17.6 Å². The van der Waals surface area contributed by atoms with E-state index in [-0.39, 0.29) is 0 Å². The molecule has 1 N–H and O–H groups in total. The molecule has 1 rings (SSSR count). The average molecular weight is 272 g/mol. The lowest BCUT2D eigenvalue weighted by atomic mass is 9.93. The van der Waals surface area contributed by atoms with E-state index in [9.17, 15) is 28.1 Å². The van der Waals surface area contributed by atoms with Gasteiger partial charge in [0.25, 0.3) is 5.70 Å². The normalized spacial score (nSPS) is 21.2. The van der Waals surface area contributed by atoms with Gasteiger partial charge in [0.05, 0.1) is 22.8 Å². The summed E-state index contributed by atoms with van der Waals surface area (Å²) < 4.78 is 37.2. The van der Waals surface area contributed by atoms with Gasteiger partial charge in [0.15, 0.2) is 0 Å². The molecular weight excluding hydrogens is 267 g/mol. The van der Waals surface area contributed by atoms with E-state index in [0.29, 0.717) is 6.08 Å². The summed E-state index contributed by atoms with van der Waals surface area (Å²) in [5.41, 5.74) is -1.83. The first-order valence-electron chi connectivity index (χ1n) is 4.19. The minimum Gasteiger partial charge on any atom is -0.478 e. The van der Waals surface area contributed by atoms with Crippen molar-refractivity contribution < 1.29 is 28.0 Å². The van der Waals surface area contributed by atoms with E-state index in [1.807, 2.05) is 0 Å². The Morgan fingerprint density at radius 3 is 2.47 bits per heavy atom. The van der Waals surface area contributed by atoms with Gasteiger partial charge in [-0.3, -0.25) is 10.1 Å². The van der Waals surface area contributed by atoms with E-state index in [1.165, 1.54) is 0 Å². The highest BCUT2D eigenvalue weighted by Crippen LogP contribution is 2.40. The molecule has 1 aliphatic rings. The minimum absolute atomic E-state index is 0.387. The first kappa shape index (κ1) is 13.5. The smallest absolute Gasteiger partial charge is 0.395 e. The van der Waals surface area contributed by atoms with Gasteiger partial charge < -0.3 is 5.11 Å². The Morgan fingerprint density at radius 1 is 1.59 bits per heavy atom. The van der Waals surface area contributed by atoms with Crippen LogP contribution in [0.15, 0.2) is 22.4 Å². The molecule has 9 heteroatoms. The number of rotatable bonds is 2. The number of carbonyl (C=O) groups is 1. The summed E-state index contributed by atoms with van der Waals surface area (Å²) in [5, 5.41) is 18.3. The monoisotopic (exact) mass is 271 g/mol. The van der Waals surface area contributed by atoms with Gasteiger partial charge in [-0.25, -0.2) is 4.79 Å². The van der Waals surface area contributed by atoms with E-state index < -0.39 is 45.7 Å². The fourth-order valence-corrected chi connectivity index (χ4v) is 1.61. The summed E-state index contributed by atoms with van der Waals surface area (Å²) in [6, 6.07) is 0. The molecule has 5 nitrogen and oxygen atoms in total. The second-order valence-electron chi connectivity index (χ2n) is 3.26.